The molecular weight excluding hydrogens is 424 g/mol. The predicted molar refractivity (Wildman–Crippen MR) is 131 cm³/mol. The van der Waals surface area contributed by atoms with Crippen LogP contribution < -0.4 is 4.74 Å². The van der Waals surface area contributed by atoms with E-state index in [1.807, 2.05) is 66.1 Å². The number of thiazole rings is 1. The third-order valence-electron chi connectivity index (χ3n) is 5.34. The average molecular weight is 447 g/mol. The van der Waals surface area contributed by atoms with Gasteiger partial charge in [-0.3, -0.25) is 9.36 Å². The maximum Gasteiger partial charge on any atom is 0.245 e. The first-order valence-corrected chi connectivity index (χ1v) is 12.1. The Labute approximate surface area is 188 Å². The summed E-state index contributed by atoms with van der Waals surface area (Å²) in [6.45, 7) is 4.67. The third kappa shape index (κ3) is 3.60. The summed E-state index contributed by atoms with van der Waals surface area (Å²) in [5.41, 5.74) is 2.85. The molecule has 4 nitrogen and oxygen atoms in total. The van der Waals surface area contributed by atoms with Crippen molar-refractivity contribution < 1.29 is 9.53 Å². The van der Waals surface area contributed by atoms with Gasteiger partial charge in [0.25, 0.3) is 0 Å². The lowest BCUT2D eigenvalue weighted by Gasteiger charge is -2.14. The van der Waals surface area contributed by atoms with Crippen LogP contribution >= 0.6 is 23.1 Å². The van der Waals surface area contributed by atoms with E-state index >= 15 is 0 Å². The van der Waals surface area contributed by atoms with Gasteiger partial charge in [0.15, 0.2) is 4.34 Å². The van der Waals surface area contributed by atoms with Crippen molar-refractivity contribution in [2.75, 3.05) is 6.61 Å². The van der Waals surface area contributed by atoms with E-state index in [1.165, 1.54) is 0 Å². The van der Waals surface area contributed by atoms with Gasteiger partial charge >= 0.3 is 0 Å². The maximum absolute atomic E-state index is 13.7. The van der Waals surface area contributed by atoms with Gasteiger partial charge < -0.3 is 4.74 Å². The molecule has 6 heteroatoms. The Morgan fingerprint density at radius 2 is 1.71 bits per heavy atom. The molecule has 3 aromatic carbocycles. The smallest absolute Gasteiger partial charge is 0.245 e. The minimum atomic E-state index is -0.217. The van der Waals surface area contributed by atoms with Crippen molar-refractivity contribution in [1.82, 2.24) is 9.55 Å². The molecule has 0 saturated carbocycles. The zero-order valence-electron chi connectivity index (χ0n) is 17.4. The molecule has 0 aliphatic carbocycles. The Hall–Kier alpha value is -2.83. The fourth-order valence-electron chi connectivity index (χ4n) is 3.92. The van der Waals surface area contributed by atoms with Crippen LogP contribution in [0.1, 0.15) is 25.1 Å². The molecule has 1 atom stereocenters. The lowest BCUT2D eigenvalue weighted by Crippen LogP contribution is -2.23. The molecule has 0 radical (unpaired) electrons. The summed E-state index contributed by atoms with van der Waals surface area (Å²) in [5, 5.41) is 2.00. The van der Waals surface area contributed by atoms with Gasteiger partial charge in [0.1, 0.15) is 5.75 Å². The van der Waals surface area contributed by atoms with Gasteiger partial charge in [0.05, 0.1) is 33.1 Å². The Balaban J connectivity index is 1.52. The molecular formula is C25H22N2O2S2. The predicted octanol–water partition coefficient (Wildman–Crippen LogP) is 7.01. The van der Waals surface area contributed by atoms with Crippen LogP contribution in [-0.2, 0) is 0 Å². The molecule has 0 spiro atoms. The van der Waals surface area contributed by atoms with Crippen LogP contribution in [0.15, 0.2) is 71.1 Å². The molecule has 0 bridgehead atoms. The van der Waals surface area contributed by atoms with E-state index in [1.54, 1.807) is 23.1 Å². The summed E-state index contributed by atoms with van der Waals surface area (Å²) in [6.07, 6.45) is 0.727. The molecule has 2 aromatic heterocycles. The first-order valence-electron chi connectivity index (χ1n) is 10.4. The fourth-order valence-corrected chi connectivity index (χ4v) is 6.23. The van der Waals surface area contributed by atoms with E-state index < -0.39 is 0 Å². The van der Waals surface area contributed by atoms with Gasteiger partial charge in [-0.25, -0.2) is 4.98 Å². The van der Waals surface area contributed by atoms with Crippen LogP contribution in [0.3, 0.4) is 0 Å². The lowest BCUT2D eigenvalue weighted by molar-refractivity contribution is 0.0919. The third-order valence-corrected chi connectivity index (χ3v) is 7.80. The van der Waals surface area contributed by atoms with E-state index in [-0.39, 0.29) is 11.2 Å². The standard InChI is InChI=1S/C25H22N2O2S2/c1-3-22(30-25-26-19-14-13-16(29-4-2)15-23(19)31-25)24(28)27-20-11-7-5-9-17(20)18-10-6-8-12-21(18)27/h5-15,22H,3-4H2,1-2H3. The highest BCUT2D eigenvalue weighted by molar-refractivity contribution is 8.02. The van der Waals surface area contributed by atoms with E-state index in [4.69, 9.17) is 9.72 Å². The van der Waals surface area contributed by atoms with Crippen molar-refractivity contribution >= 4 is 61.0 Å². The van der Waals surface area contributed by atoms with Crippen molar-refractivity contribution in [3.63, 3.8) is 0 Å². The Kier molecular flexibility index (Phi) is 5.42. The van der Waals surface area contributed by atoms with Gasteiger partial charge in [-0.2, -0.15) is 0 Å². The van der Waals surface area contributed by atoms with Crippen molar-refractivity contribution in [2.45, 2.75) is 29.9 Å². The molecule has 2 heterocycles. The summed E-state index contributed by atoms with van der Waals surface area (Å²) >= 11 is 3.17. The molecule has 0 fully saturated rings. The number of fused-ring (bicyclic) bond motifs is 4. The summed E-state index contributed by atoms with van der Waals surface area (Å²) in [6, 6.07) is 22.2. The minimum absolute atomic E-state index is 0.0964. The van der Waals surface area contributed by atoms with Gasteiger partial charge in [0, 0.05) is 10.8 Å². The number of thioether (sulfide) groups is 1. The number of ether oxygens (including phenoxy) is 1. The van der Waals surface area contributed by atoms with Crippen LogP contribution in [-0.4, -0.2) is 27.3 Å². The second-order valence-electron chi connectivity index (χ2n) is 7.27. The second-order valence-corrected chi connectivity index (χ2v) is 9.75. The van der Waals surface area contributed by atoms with Crippen molar-refractivity contribution in [3.05, 3.63) is 66.7 Å². The van der Waals surface area contributed by atoms with E-state index in [2.05, 4.69) is 19.1 Å². The number of benzene rings is 3. The van der Waals surface area contributed by atoms with Crippen LogP contribution in [0.25, 0.3) is 32.0 Å². The fraction of sp³-hybridized carbons (Fsp3) is 0.200. The summed E-state index contributed by atoms with van der Waals surface area (Å²) in [4.78, 5) is 18.5. The first kappa shape index (κ1) is 20.1. The Bertz CT molecular complexity index is 1350. The monoisotopic (exact) mass is 446 g/mol. The molecule has 0 N–H and O–H groups in total. The van der Waals surface area contributed by atoms with E-state index in [0.717, 1.165) is 48.5 Å². The Morgan fingerprint density at radius 3 is 2.35 bits per heavy atom. The first-order chi connectivity index (χ1) is 15.2. The molecule has 0 aliphatic rings. The maximum atomic E-state index is 13.7. The highest BCUT2D eigenvalue weighted by Crippen LogP contribution is 2.37. The lowest BCUT2D eigenvalue weighted by atomic mass is 10.2. The average Bonchev–Trinajstić information content (AvgIpc) is 3.35. The molecule has 5 aromatic rings. The number of hydrogen-bond donors (Lipinski definition) is 0. The molecule has 0 saturated heterocycles. The van der Waals surface area contributed by atoms with Gasteiger partial charge in [-0.05, 0) is 43.7 Å². The highest BCUT2D eigenvalue weighted by atomic mass is 32.2. The SMILES string of the molecule is CCOc1ccc2nc(SC(CC)C(=O)n3c4ccccc4c4ccccc43)sc2c1. The number of nitrogens with zero attached hydrogens (tertiary/aromatic N) is 2. The number of aromatic nitrogens is 2. The quantitative estimate of drug-likeness (QED) is 0.263. The van der Waals surface area contributed by atoms with Gasteiger partial charge in [-0.15, -0.1) is 11.3 Å². The second kappa shape index (κ2) is 8.36. The number of carbonyl (C=O) groups is 1. The van der Waals surface area contributed by atoms with Gasteiger partial charge in [-0.1, -0.05) is 55.1 Å². The molecule has 31 heavy (non-hydrogen) atoms. The number of para-hydroxylation sites is 2. The number of carbonyl (C=O) groups excluding carboxylic acids is 1. The van der Waals surface area contributed by atoms with Gasteiger partial charge in [0.2, 0.25) is 5.91 Å². The van der Waals surface area contributed by atoms with Crippen molar-refractivity contribution in [3.8, 4) is 5.75 Å². The van der Waals surface area contributed by atoms with Crippen LogP contribution in [0.5, 0.6) is 5.75 Å². The van der Waals surface area contributed by atoms with Crippen LogP contribution in [0.2, 0.25) is 0 Å². The molecule has 5 rings (SSSR count). The molecule has 0 aliphatic heterocycles. The topological polar surface area (TPSA) is 44.1 Å². The summed E-state index contributed by atoms with van der Waals surface area (Å²) in [7, 11) is 0. The zero-order chi connectivity index (χ0) is 21.4. The number of rotatable bonds is 6. The summed E-state index contributed by atoms with van der Waals surface area (Å²) in [5.74, 6) is 0.947. The van der Waals surface area contributed by atoms with Crippen molar-refractivity contribution in [1.29, 1.82) is 0 Å². The van der Waals surface area contributed by atoms with Crippen molar-refractivity contribution in [2.24, 2.45) is 0 Å². The van der Waals surface area contributed by atoms with Crippen LogP contribution in [0.4, 0.5) is 0 Å². The normalized spacial score (nSPS) is 12.6. The molecule has 156 valence electrons. The molecule has 1 unspecified atom stereocenters. The molecule has 0 amide bonds. The van der Waals surface area contributed by atoms with E-state index in [9.17, 15) is 4.79 Å². The zero-order valence-corrected chi connectivity index (χ0v) is 19.0. The highest BCUT2D eigenvalue weighted by Gasteiger charge is 2.25. The van der Waals surface area contributed by atoms with E-state index in [0.29, 0.717) is 6.61 Å². The number of hydrogen-bond acceptors (Lipinski definition) is 5. The summed E-state index contributed by atoms with van der Waals surface area (Å²) < 4.78 is 9.47. The van der Waals surface area contributed by atoms with Crippen LogP contribution in [0, 0.1) is 0 Å². The Morgan fingerprint density at radius 1 is 1.03 bits per heavy atom. The largest absolute Gasteiger partial charge is 0.494 e. The minimum Gasteiger partial charge on any atom is -0.494 e.